The molecule has 0 radical (unpaired) electrons. The molecule has 1 aliphatic rings. The fourth-order valence-electron chi connectivity index (χ4n) is 1.29. The van der Waals surface area contributed by atoms with E-state index in [1.807, 2.05) is 0 Å². The highest BCUT2D eigenvalue weighted by Gasteiger charge is 2.35. The van der Waals surface area contributed by atoms with Gasteiger partial charge in [-0.3, -0.25) is 5.32 Å². The molecule has 2 N–H and O–H groups in total. The quantitative estimate of drug-likeness (QED) is 0.551. The predicted octanol–water partition coefficient (Wildman–Crippen LogP) is -1.24. The Morgan fingerprint density at radius 1 is 1.54 bits per heavy atom. The van der Waals surface area contributed by atoms with Crippen molar-refractivity contribution in [3.8, 4) is 11.8 Å². The predicted molar refractivity (Wildman–Crippen MR) is 49.9 cm³/mol. The van der Waals surface area contributed by atoms with Crippen LogP contribution >= 0.6 is 0 Å². The fraction of sp³-hybridized carbons (Fsp3) is 0.750. The van der Waals surface area contributed by atoms with Crippen molar-refractivity contribution >= 4 is 9.84 Å². The maximum absolute atomic E-state index is 11.0. The maximum Gasteiger partial charge on any atom is 0.154 e. The Balaban J connectivity index is 2.47. The maximum atomic E-state index is 11.0. The van der Waals surface area contributed by atoms with Gasteiger partial charge in [-0.15, -0.1) is 5.92 Å². The van der Waals surface area contributed by atoms with E-state index in [1.165, 1.54) is 0 Å². The summed E-state index contributed by atoms with van der Waals surface area (Å²) < 4.78 is 22.1. The van der Waals surface area contributed by atoms with E-state index in [2.05, 4.69) is 17.2 Å². The Labute approximate surface area is 78.3 Å². The first kappa shape index (κ1) is 10.5. The van der Waals surface area contributed by atoms with Crippen molar-refractivity contribution in [1.82, 2.24) is 5.32 Å². The summed E-state index contributed by atoms with van der Waals surface area (Å²) in [5.41, 5.74) is 0. The van der Waals surface area contributed by atoms with E-state index in [1.54, 1.807) is 6.92 Å². The minimum Gasteiger partial charge on any atom is -0.390 e. The molecule has 0 aliphatic carbocycles. The highest BCUT2D eigenvalue weighted by Crippen LogP contribution is 2.11. The lowest BCUT2D eigenvalue weighted by molar-refractivity contribution is 0.168. The largest absolute Gasteiger partial charge is 0.390 e. The third-order valence-corrected chi connectivity index (χ3v) is 3.67. The summed E-state index contributed by atoms with van der Waals surface area (Å²) in [5.74, 6) is 5.32. The molecular weight excluding hydrogens is 190 g/mol. The molecule has 0 amide bonds. The molecule has 1 aliphatic heterocycles. The molecule has 0 aromatic carbocycles. The molecule has 5 heteroatoms. The van der Waals surface area contributed by atoms with Crippen molar-refractivity contribution in [3.05, 3.63) is 0 Å². The van der Waals surface area contributed by atoms with Crippen LogP contribution in [0.3, 0.4) is 0 Å². The van der Waals surface area contributed by atoms with Crippen molar-refractivity contribution < 1.29 is 13.5 Å². The van der Waals surface area contributed by atoms with Gasteiger partial charge in [-0.05, 0) is 6.92 Å². The topological polar surface area (TPSA) is 66.4 Å². The second kappa shape index (κ2) is 4.09. The van der Waals surface area contributed by atoms with Gasteiger partial charge < -0.3 is 5.11 Å². The van der Waals surface area contributed by atoms with Gasteiger partial charge in [-0.2, -0.15) is 0 Å². The van der Waals surface area contributed by atoms with Gasteiger partial charge in [0.2, 0.25) is 0 Å². The molecule has 13 heavy (non-hydrogen) atoms. The van der Waals surface area contributed by atoms with Crippen molar-refractivity contribution in [2.45, 2.75) is 19.1 Å². The van der Waals surface area contributed by atoms with Crippen LogP contribution in [0.25, 0.3) is 0 Å². The lowest BCUT2D eigenvalue weighted by atomic mass is 10.2. The van der Waals surface area contributed by atoms with Crippen LogP contribution in [-0.4, -0.2) is 43.7 Å². The van der Waals surface area contributed by atoms with Crippen LogP contribution in [-0.2, 0) is 9.84 Å². The fourth-order valence-corrected chi connectivity index (χ4v) is 3.07. The van der Waals surface area contributed by atoms with E-state index in [4.69, 9.17) is 0 Å². The molecule has 1 rings (SSSR count). The van der Waals surface area contributed by atoms with Gasteiger partial charge in [0.25, 0.3) is 0 Å². The summed E-state index contributed by atoms with van der Waals surface area (Å²) in [7, 11) is -3.04. The standard InChI is InChI=1S/C8H13NO3S/c1-2-3-4-9-7-5-13(11,12)6-8(7)10/h7-10H,4-6H2,1H3. The Morgan fingerprint density at radius 3 is 2.69 bits per heavy atom. The van der Waals surface area contributed by atoms with Crippen LogP contribution in [0.1, 0.15) is 6.92 Å². The zero-order valence-corrected chi connectivity index (χ0v) is 8.26. The Bertz CT molecular complexity index is 325. The van der Waals surface area contributed by atoms with Gasteiger partial charge in [0.05, 0.1) is 24.2 Å². The molecule has 2 unspecified atom stereocenters. The summed E-state index contributed by atoms with van der Waals surface area (Å²) in [6.45, 7) is 2.14. The van der Waals surface area contributed by atoms with Crippen molar-refractivity contribution in [2.24, 2.45) is 0 Å². The Kier molecular flexibility index (Phi) is 3.31. The number of nitrogens with one attached hydrogen (secondary N) is 1. The minimum absolute atomic E-state index is 0.0135. The number of sulfone groups is 1. The van der Waals surface area contributed by atoms with E-state index in [0.717, 1.165) is 0 Å². The second-order valence-electron chi connectivity index (χ2n) is 3.06. The van der Waals surface area contributed by atoms with Crippen LogP contribution in [0.5, 0.6) is 0 Å². The number of aliphatic hydroxyl groups excluding tert-OH is 1. The molecule has 74 valence electrons. The van der Waals surface area contributed by atoms with Gasteiger partial charge in [-0.1, -0.05) is 5.92 Å². The van der Waals surface area contributed by atoms with Crippen LogP contribution in [0.4, 0.5) is 0 Å². The molecule has 0 spiro atoms. The average molecular weight is 203 g/mol. The summed E-state index contributed by atoms with van der Waals surface area (Å²) in [6.07, 6.45) is -0.788. The average Bonchev–Trinajstić information content (AvgIpc) is 2.25. The van der Waals surface area contributed by atoms with E-state index in [9.17, 15) is 13.5 Å². The number of rotatable bonds is 2. The smallest absolute Gasteiger partial charge is 0.154 e. The van der Waals surface area contributed by atoms with Crippen LogP contribution in [0.15, 0.2) is 0 Å². The van der Waals surface area contributed by atoms with Crippen molar-refractivity contribution in [1.29, 1.82) is 0 Å². The zero-order chi connectivity index (χ0) is 9.90. The number of hydrogen-bond acceptors (Lipinski definition) is 4. The first-order chi connectivity index (χ1) is 6.05. The monoisotopic (exact) mass is 203 g/mol. The molecular formula is C8H13NO3S. The van der Waals surface area contributed by atoms with Crippen LogP contribution in [0, 0.1) is 11.8 Å². The molecule has 2 atom stereocenters. The summed E-state index contributed by atoms with van der Waals surface area (Å²) in [4.78, 5) is 0. The molecule has 1 saturated heterocycles. The molecule has 0 saturated carbocycles. The Hall–Kier alpha value is -0.570. The van der Waals surface area contributed by atoms with Crippen molar-refractivity contribution in [2.75, 3.05) is 18.1 Å². The third kappa shape index (κ3) is 2.99. The van der Waals surface area contributed by atoms with Gasteiger partial charge in [0, 0.05) is 6.04 Å². The first-order valence-corrected chi connectivity index (χ1v) is 5.89. The SMILES string of the molecule is CC#CCNC1CS(=O)(=O)CC1O. The van der Waals surface area contributed by atoms with E-state index < -0.39 is 15.9 Å². The lowest BCUT2D eigenvalue weighted by Crippen LogP contribution is -2.38. The summed E-state index contributed by atoms with van der Waals surface area (Å²) in [6, 6.07) is -0.356. The van der Waals surface area contributed by atoms with E-state index >= 15 is 0 Å². The van der Waals surface area contributed by atoms with Crippen LogP contribution < -0.4 is 5.32 Å². The van der Waals surface area contributed by atoms with E-state index in [0.29, 0.717) is 6.54 Å². The van der Waals surface area contributed by atoms with Gasteiger partial charge in [0.1, 0.15) is 0 Å². The lowest BCUT2D eigenvalue weighted by Gasteiger charge is -2.11. The molecule has 1 fully saturated rings. The van der Waals surface area contributed by atoms with Crippen molar-refractivity contribution in [3.63, 3.8) is 0 Å². The van der Waals surface area contributed by atoms with E-state index in [-0.39, 0.29) is 17.5 Å². The molecule has 0 aromatic rings. The summed E-state index contributed by atoms with van der Waals surface area (Å²) >= 11 is 0. The normalized spacial score (nSPS) is 30.9. The molecule has 0 bridgehead atoms. The highest BCUT2D eigenvalue weighted by molar-refractivity contribution is 7.91. The number of aliphatic hydroxyl groups is 1. The van der Waals surface area contributed by atoms with Crippen LogP contribution in [0.2, 0.25) is 0 Å². The molecule has 0 aromatic heterocycles. The van der Waals surface area contributed by atoms with Gasteiger partial charge >= 0.3 is 0 Å². The molecule has 1 heterocycles. The molecule has 4 nitrogen and oxygen atoms in total. The van der Waals surface area contributed by atoms with Gasteiger partial charge in [-0.25, -0.2) is 8.42 Å². The number of hydrogen-bond donors (Lipinski definition) is 2. The highest BCUT2D eigenvalue weighted by atomic mass is 32.2. The third-order valence-electron chi connectivity index (χ3n) is 1.95. The zero-order valence-electron chi connectivity index (χ0n) is 7.45. The Morgan fingerprint density at radius 2 is 2.23 bits per heavy atom. The van der Waals surface area contributed by atoms with Gasteiger partial charge in [0.15, 0.2) is 9.84 Å². The first-order valence-electron chi connectivity index (χ1n) is 4.06. The second-order valence-corrected chi connectivity index (χ2v) is 5.21. The summed E-state index contributed by atoms with van der Waals surface area (Å²) in [5, 5.41) is 12.2. The minimum atomic E-state index is -3.04.